The first kappa shape index (κ1) is 24.2. The minimum absolute atomic E-state index is 0.172. The van der Waals surface area contributed by atoms with Crippen molar-refractivity contribution in [1.29, 1.82) is 0 Å². The van der Waals surface area contributed by atoms with E-state index in [1.807, 2.05) is 68.6 Å². The van der Waals surface area contributed by atoms with Gasteiger partial charge in [-0.3, -0.25) is 4.57 Å². The van der Waals surface area contributed by atoms with Crippen LogP contribution in [0.3, 0.4) is 0 Å². The zero-order valence-electron chi connectivity index (χ0n) is 19.5. The first-order valence-electron chi connectivity index (χ1n) is 11.2. The third-order valence-corrected chi connectivity index (χ3v) is 7.58. The van der Waals surface area contributed by atoms with Crippen molar-refractivity contribution in [3.63, 3.8) is 0 Å². The van der Waals surface area contributed by atoms with Crippen LogP contribution in [0.25, 0.3) is 0 Å². The fourth-order valence-electron chi connectivity index (χ4n) is 4.05. The normalized spacial score (nSPS) is 15.6. The number of fused-ring (bicyclic) bond motifs is 1. The van der Waals surface area contributed by atoms with E-state index in [-0.39, 0.29) is 5.41 Å². The highest BCUT2D eigenvalue weighted by Gasteiger charge is 2.44. The molecule has 0 aromatic heterocycles. The minimum atomic E-state index is -3.13. The number of nitrogens with one attached hydrogen (secondary N) is 1. The molecule has 0 spiro atoms. The maximum absolute atomic E-state index is 13.1. The fraction of sp³-hybridized carbons (Fsp3) is 0.346. The summed E-state index contributed by atoms with van der Waals surface area (Å²) in [5.74, 6) is 0. The lowest BCUT2D eigenvalue weighted by Gasteiger charge is -2.16. The molecule has 0 unspecified atom stereocenters. The minimum Gasteiger partial charge on any atom is -0.362 e. The van der Waals surface area contributed by atoms with Gasteiger partial charge in [-0.1, -0.05) is 42.5 Å². The molecule has 0 aliphatic carbocycles. The Morgan fingerprint density at radius 1 is 0.969 bits per heavy atom. The topological polar surface area (TPSA) is 50.6 Å². The maximum atomic E-state index is 13.1. The van der Waals surface area contributed by atoms with Gasteiger partial charge in [0.05, 0.1) is 18.6 Å². The van der Waals surface area contributed by atoms with Gasteiger partial charge in [0.2, 0.25) is 5.69 Å². The summed E-state index contributed by atoms with van der Waals surface area (Å²) in [6.07, 6.45) is 8.42. The van der Waals surface area contributed by atoms with Crippen LogP contribution in [0.15, 0.2) is 79.0 Å². The molecule has 0 saturated heterocycles. The molecule has 1 aliphatic rings. The third kappa shape index (κ3) is 5.66. The van der Waals surface area contributed by atoms with Crippen LogP contribution in [-0.4, -0.2) is 36.2 Å². The number of benzene rings is 2. The first-order valence-corrected chi connectivity index (χ1v) is 12.9. The average Bonchev–Trinajstić information content (AvgIpc) is 3.00. The number of para-hydroxylation sites is 2. The predicted octanol–water partition coefficient (Wildman–Crippen LogP) is 6.51. The highest BCUT2D eigenvalue weighted by molar-refractivity contribution is 7.53. The molecule has 1 N–H and O–H groups in total. The van der Waals surface area contributed by atoms with Gasteiger partial charge < -0.3 is 14.4 Å². The van der Waals surface area contributed by atoms with Crippen molar-refractivity contribution in [3.8, 4) is 0 Å². The summed E-state index contributed by atoms with van der Waals surface area (Å²) in [6.45, 7) is 9.43. The van der Waals surface area contributed by atoms with E-state index in [2.05, 4.69) is 48.0 Å². The van der Waals surface area contributed by atoms with Gasteiger partial charge in [0.25, 0.3) is 0 Å². The van der Waals surface area contributed by atoms with Crippen LogP contribution in [0.1, 0.15) is 33.3 Å². The zero-order chi connectivity index (χ0) is 23.0. The summed E-state index contributed by atoms with van der Waals surface area (Å²) in [5.41, 5.74) is 4.43. The van der Waals surface area contributed by atoms with Gasteiger partial charge in [0, 0.05) is 29.6 Å². The molecule has 32 heavy (non-hydrogen) atoms. The SMILES string of the molecule is CCOP(=O)(CC[N+]1=C(C=CC=CNc2ccccc2)C(C)(C)c2ccccc21)OCC. The average molecular weight is 454 g/mol. The van der Waals surface area contributed by atoms with Crippen LogP contribution in [0.2, 0.25) is 0 Å². The molecule has 0 atom stereocenters. The second kappa shape index (κ2) is 10.9. The van der Waals surface area contributed by atoms with Crippen LogP contribution in [0, 0.1) is 0 Å². The fourth-order valence-corrected chi connectivity index (χ4v) is 5.61. The smallest absolute Gasteiger partial charge is 0.337 e. The molecule has 0 fully saturated rings. The van der Waals surface area contributed by atoms with Gasteiger partial charge in [-0.2, -0.15) is 4.58 Å². The van der Waals surface area contributed by atoms with E-state index in [1.54, 1.807) is 0 Å². The summed E-state index contributed by atoms with van der Waals surface area (Å²) in [6, 6.07) is 18.5. The number of anilines is 1. The lowest BCUT2D eigenvalue weighted by atomic mass is 9.81. The van der Waals surface area contributed by atoms with Crippen molar-refractivity contribution in [2.75, 3.05) is 31.2 Å². The van der Waals surface area contributed by atoms with E-state index in [0.717, 1.165) is 17.1 Å². The summed E-state index contributed by atoms with van der Waals surface area (Å²) >= 11 is 0. The van der Waals surface area contributed by atoms with Gasteiger partial charge in [-0.15, -0.1) is 0 Å². The molecular formula is C26H34N2O3P+. The van der Waals surface area contributed by atoms with Crippen molar-refractivity contribution in [2.24, 2.45) is 0 Å². The standard InChI is InChI=1S/C26H33N2O3P/c1-5-30-32(29,31-6-2)21-20-28-24-17-11-10-16-23(24)26(3,4)25(28)18-12-13-19-27-22-14-8-7-9-15-22/h7-19H,5-6,20-21H2,1-4H3/p+1. The van der Waals surface area contributed by atoms with Crippen molar-refractivity contribution >= 4 is 24.7 Å². The number of rotatable bonds is 11. The summed E-state index contributed by atoms with van der Waals surface area (Å²) in [7, 11) is -3.13. The zero-order valence-corrected chi connectivity index (χ0v) is 20.3. The van der Waals surface area contributed by atoms with E-state index in [0.29, 0.717) is 25.9 Å². The summed E-state index contributed by atoms with van der Waals surface area (Å²) < 4.78 is 26.4. The van der Waals surface area contributed by atoms with Crippen molar-refractivity contribution in [2.45, 2.75) is 33.1 Å². The molecule has 5 nitrogen and oxygen atoms in total. The van der Waals surface area contributed by atoms with Crippen LogP contribution < -0.4 is 5.32 Å². The van der Waals surface area contributed by atoms with E-state index >= 15 is 0 Å². The van der Waals surface area contributed by atoms with Crippen LogP contribution in [-0.2, 0) is 19.0 Å². The predicted molar refractivity (Wildman–Crippen MR) is 133 cm³/mol. The molecule has 2 aromatic carbocycles. The molecule has 6 heteroatoms. The van der Waals surface area contributed by atoms with Gasteiger partial charge in [0.15, 0.2) is 12.3 Å². The monoisotopic (exact) mass is 453 g/mol. The molecule has 2 aromatic rings. The molecule has 0 bridgehead atoms. The number of hydrogen-bond donors (Lipinski definition) is 1. The lowest BCUT2D eigenvalue weighted by Crippen LogP contribution is -2.28. The van der Waals surface area contributed by atoms with Crippen LogP contribution in [0.4, 0.5) is 11.4 Å². The van der Waals surface area contributed by atoms with Crippen molar-refractivity contribution in [3.05, 3.63) is 84.6 Å². The Balaban J connectivity index is 1.85. The van der Waals surface area contributed by atoms with E-state index in [4.69, 9.17) is 9.05 Å². The molecule has 0 amide bonds. The summed E-state index contributed by atoms with van der Waals surface area (Å²) in [4.78, 5) is 0. The Kier molecular flexibility index (Phi) is 8.25. The Labute approximate surface area is 192 Å². The number of hydrogen-bond acceptors (Lipinski definition) is 4. The van der Waals surface area contributed by atoms with Gasteiger partial charge in [0.1, 0.15) is 6.16 Å². The molecule has 0 saturated carbocycles. The highest BCUT2D eigenvalue weighted by atomic mass is 31.2. The quantitative estimate of drug-likeness (QED) is 0.239. The Hall–Kier alpha value is -2.46. The molecule has 170 valence electrons. The largest absolute Gasteiger partial charge is 0.362 e. The lowest BCUT2D eigenvalue weighted by molar-refractivity contribution is -0.432. The second-order valence-electron chi connectivity index (χ2n) is 8.08. The molecule has 1 heterocycles. The second-order valence-corrected chi connectivity index (χ2v) is 10.3. The molecule has 0 radical (unpaired) electrons. The third-order valence-electron chi connectivity index (χ3n) is 5.53. The maximum Gasteiger partial charge on any atom is 0.337 e. The van der Waals surface area contributed by atoms with E-state index in [9.17, 15) is 4.57 Å². The Morgan fingerprint density at radius 3 is 2.31 bits per heavy atom. The van der Waals surface area contributed by atoms with Crippen LogP contribution >= 0.6 is 7.60 Å². The number of nitrogens with zero attached hydrogens (tertiary/aromatic N) is 1. The van der Waals surface area contributed by atoms with E-state index in [1.165, 1.54) is 5.56 Å². The molecule has 3 rings (SSSR count). The Morgan fingerprint density at radius 2 is 1.62 bits per heavy atom. The molecular weight excluding hydrogens is 419 g/mol. The van der Waals surface area contributed by atoms with E-state index < -0.39 is 7.60 Å². The first-order chi connectivity index (χ1) is 15.4. The highest BCUT2D eigenvalue weighted by Crippen LogP contribution is 2.48. The van der Waals surface area contributed by atoms with Crippen molar-refractivity contribution in [1.82, 2.24) is 0 Å². The Bertz CT molecular complexity index is 1030. The van der Waals surface area contributed by atoms with Gasteiger partial charge in [-0.05, 0) is 45.9 Å². The van der Waals surface area contributed by atoms with Crippen molar-refractivity contribution < 1.29 is 18.2 Å². The van der Waals surface area contributed by atoms with Gasteiger partial charge in [-0.25, -0.2) is 0 Å². The van der Waals surface area contributed by atoms with Gasteiger partial charge >= 0.3 is 7.60 Å². The summed E-state index contributed by atoms with van der Waals surface area (Å²) in [5, 5.41) is 3.27. The molecule has 1 aliphatic heterocycles. The van der Waals surface area contributed by atoms with Crippen LogP contribution in [0.5, 0.6) is 0 Å². The number of allylic oxidation sites excluding steroid dienone is 3.